The highest BCUT2D eigenvalue weighted by molar-refractivity contribution is 7.15. The second-order valence-corrected chi connectivity index (χ2v) is 5.36. The average Bonchev–Trinajstić information content (AvgIpc) is 3.16. The van der Waals surface area contributed by atoms with E-state index >= 15 is 0 Å². The van der Waals surface area contributed by atoms with Crippen LogP contribution in [0.5, 0.6) is 5.75 Å². The SMILES string of the molecule is COc1ccccc1Cc1noc(-c2ccc(C#N)s2)n1. The van der Waals surface area contributed by atoms with E-state index in [-0.39, 0.29) is 0 Å². The summed E-state index contributed by atoms with van der Waals surface area (Å²) < 4.78 is 10.6. The zero-order chi connectivity index (χ0) is 14.7. The van der Waals surface area contributed by atoms with Gasteiger partial charge >= 0.3 is 0 Å². The van der Waals surface area contributed by atoms with Crippen LogP contribution in [-0.2, 0) is 6.42 Å². The van der Waals surface area contributed by atoms with Gasteiger partial charge in [0.2, 0.25) is 0 Å². The van der Waals surface area contributed by atoms with Crippen LogP contribution in [0.3, 0.4) is 0 Å². The number of benzene rings is 1. The summed E-state index contributed by atoms with van der Waals surface area (Å²) in [5, 5.41) is 12.8. The Labute approximate surface area is 125 Å². The summed E-state index contributed by atoms with van der Waals surface area (Å²) in [6.45, 7) is 0. The van der Waals surface area contributed by atoms with E-state index in [0.29, 0.717) is 23.0 Å². The molecule has 3 aromatic rings. The molecule has 0 atom stereocenters. The number of methoxy groups -OCH3 is 1. The van der Waals surface area contributed by atoms with E-state index in [2.05, 4.69) is 16.2 Å². The molecule has 0 bridgehead atoms. The lowest BCUT2D eigenvalue weighted by Gasteiger charge is -2.04. The van der Waals surface area contributed by atoms with Crippen molar-refractivity contribution in [3.8, 4) is 22.6 Å². The predicted octanol–water partition coefficient (Wildman–Crippen LogP) is 3.27. The van der Waals surface area contributed by atoms with Crippen molar-refractivity contribution in [3.63, 3.8) is 0 Å². The summed E-state index contributed by atoms with van der Waals surface area (Å²) in [5.41, 5.74) is 0.997. The molecule has 0 saturated carbocycles. The standard InChI is InChI=1S/C15H11N3O2S/c1-19-12-5-3-2-4-10(12)8-14-17-15(20-18-14)13-7-6-11(9-16)21-13/h2-7H,8H2,1H3. The third-order valence-corrected chi connectivity index (χ3v) is 3.91. The van der Waals surface area contributed by atoms with Gasteiger partial charge in [0.15, 0.2) is 5.82 Å². The van der Waals surface area contributed by atoms with Gasteiger partial charge in [-0.25, -0.2) is 0 Å². The van der Waals surface area contributed by atoms with Gasteiger partial charge in [-0.2, -0.15) is 10.2 Å². The fraction of sp³-hybridized carbons (Fsp3) is 0.133. The maximum atomic E-state index is 8.84. The predicted molar refractivity (Wildman–Crippen MR) is 78.1 cm³/mol. The normalized spacial score (nSPS) is 10.3. The minimum atomic E-state index is 0.436. The zero-order valence-corrected chi connectivity index (χ0v) is 12.1. The highest BCUT2D eigenvalue weighted by atomic mass is 32.1. The molecule has 0 aliphatic rings. The van der Waals surface area contributed by atoms with Gasteiger partial charge in [-0.3, -0.25) is 0 Å². The fourth-order valence-electron chi connectivity index (χ4n) is 1.96. The summed E-state index contributed by atoms with van der Waals surface area (Å²) >= 11 is 1.33. The average molecular weight is 297 g/mol. The Morgan fingerprint density at radius 1 is 1.29 bits per heavy atom. The van der Waals surface area contributed by atoms with Crippen LogP contribution in [0, 0.1) is 11.3 Å². The molecule has 1 aromatic carbocycles. The molecule has 0 aliphatic heterocycles. The van der Waals surface area contributed by atoms with Crippen LogP contribution in [0.4, 0.5) is 0 Å². The van der Waals surface area contributed by atoms with Crippen LogP contribution < -0.4 is 4.74 Å². The highest BCUT2D eigenvalue weighted by Crippen LogP contribution is 2.27. The van der Waals surface area contributed by atoms with Crippen molar-refractivity contribution in [2.24, 2.45) is 0 Å². The minimum absolute atomic E-state index is 0.436. The van der Waals surface area contributed by atoms with Gasteiger partial charge in [-0.05, 0) is 18.2 Å². The Bertz CT molecular complexity index is 801. The van der Waals surface area contributed by atoms with Crippen molar-refractivity contribution in [3.05, 3.63) is 52.7 Å². The van der Waals surface area contributed by atoms with Gasteiger partial charge in [0.05, 0.1) is 12.0 Å². The molecule has 0 amide bonds. The number of para-hydroxylation sites is 1. The number of aromatic nitrogens is 2. The molecule has 0 spiro atoms. The van der Waals surface area contributed by atoms with Crippen LogP contribution in [0.2, 0.25) is 0 Å². The van der Waals surface area contributed by atoms with E-state index in [1.807, 2.05) is 30.3 Å². The molecular weight excluding hydrogens is 286 g/mol. The maximum absolute atomic E-state index is 8.84. The first-order valence-corrected chi connectivity index (χ1v) is 7.06. The quantitative estimate of drug-likeness (QED) is 0.739. The number of rotatable bonds is 4. The Morgan fingerprint density at radius 3 is 2.90 bits per heavy atom. The molecule has 0 N–H and O–H groups in total. The van der Waals surface area contributed by atoms with Crippen molar-refractivity contribution < 1.29 is 9.26 Å². The van der Waals surface area contributed by atoms with Gasteiger partial charge in [-0.1, -0.05) is 23.4 Å². The van der Waals surface area contributed by atoms with E-state index in [4.69, 9.17) is 14.5 Å². The van der Waals surface area contributed by atoms with E-state index in [1.165, 1.54) is 11.3 Å². The van der Waals surface area contributed by atoms with Crippen molar-refractivity contribution in [2.75, 3.05) is 7.11 Å². The molecule has 6 heteroatoms. The summed E-state index contributed by atoms with van der Waals surface area (Å²) in [6, 6.07) is 13.4. The van der Waals surface area contributed by atoms with Crippen LogP contribution in [0.1, 0.15) is 16.3 Å². The summed E-state index contributed by atoms with van der Waals surface area (Å²) in [4.78, 5) is 5.78. The van der Waals surface area contributed by atoms with Crippen molar-refractivity contribution in [1.29, 1.82) is 5.26 Å². The first-order chi connectivity index (χ1) is 10.3. The van der Waals surface area contributed by atoms with E-state index < -0.39 is 0 Å². The molecule has 2 heterocycles. The second-order valence-electron chi connectivity index (χ2n) is 4.28. The van der Waals surface area contributed by atoms with E-state index in [9.17, 15) is 0 Å². The van der Waals surface area contributed by atoms with Crippen molar-refractivity contribution >= 4 is 11.3 Å². The minimum Gasteiger partial charge on any atom is -0.496 e. The topological polar surface area (TPSA) is 71.9 Å². The van der Waals surface area contributed by atoms with Crippen LogP contribution in [0.15, 0.2) is 40.9 Å². The lowest BCUT2D eigenvalue weighted by Crippen LogP contribution is -1.95. The van der Waals surface area contributed by atoms with Gasteiger partial charge in [0, 0.05) is 12.0 Å². The van der Waals surface area contributed by atoms with Crippen LogP contribution in [0.25, 0.3) is 10.8 Å². The molecule has 2 aromatic heterocycles. The van der Waals surface area contributed by atoms with Crippen LogP contribution in [-0.4, -0.2) is 17.3 Å². The number of hydrogen-bond acceptors (Lipinski definition) is 6. The van der Waals surface area contributed by atoms with Crippen molar-refractivity contribution in [2.45, 2.75) is 6.42 Å². The molecule has 21 heavy (non-hydrogen) atoms. The zero-order valence-electron chi connectivity index (χ0n) is 11.2. The third-order valence-electron chi connectivity index (χ3n) is 2.94. The van der Waals surface area contributed by atoms with Gasteiger partial charge in [0.25, 0.3) is 5.89 Å². The Hall–Kier alpha value is -2.65. The van der Waals surface area contributed by atoms with Crippen LogP contribution >= 0.6 is 11.3 Å². The van der Waals surface area contributed by atoms with E-state index in [0.717, 1.165) is 16.2 Å². The lowest BCUT2D eigenvalue weighted by molar-refractivity contribution is 0.408. The smallest absolute Gasteiger partial charge is 0.268 e. The molecule has 0 fully saturated rings. The van der Waals surface area contributed by atoms with Crippen molar-refractivity contribution in [1.82, 2.24) is 10.1 Å². The summed E-state index contributed by atoms with van der Waals surface area (Å²) in [7, 11) is 1.63. The largest absolute Gasteiger partial charge is 0.496 e. The number of hydrogen-bond donors (Lipinski definition) is 0. The summed E-state index contributed by atoms with van der Waals surface area (Å²) in [5.74, 6) is 1.82. The van der Waals surface area contributed by atoms with E-state index in [1.54, 1.807) is 13.2 Å². The molecule has 5 nitrogen and oxygen atoms in total. The number of nitriles is 1. The fourth-order valence-corrected chi connectivity index (χ4v) is 2.68. The summed E-state index contributed by atoms with van der Waals surface area (Å²) in [6.07, 6.45) is 0.532. The first-order valence-electron chi connectivity index (χ1n) is 6.25. The third kappa shape index (κ3) is 2.78. The monoisotopic (exact) mass is 297 g/mol. The van der Waals surface area contributed by atoms with Gasteiger partial charge in [-0.15, -0.1) is 11.3 Å². The number of ether oxygens (including phenoxy) is 1. The van der Waals surface area contributed by atoms with Gasteiger partial charge < -0.3 is 9.26 Å². The Morgan fingerprint density at radius 2 is 2.14 bits per heavy atom. The Kier molecular flexibility index (Phi) is 3.67. The second kappa shape index (κ2) is 5.77. The molecule has 104 valence electrons. The molecular formula is C15H11N3O2S. The molecule has 0 unspecified atom stereocenters. The molecule has 0 aliphatic carbocycles. The molecule has 0 radical (unpaired) electrons. The van der Waals surface area contributed by atoms with Gasteiger partial charge in [0.1, 0.15) is 16.7 Å². The maximum Gasteiger partial charge on any atom is 0.268 e. The number of nitrogens with zero attached hydrogens (tertiary/aromatic N) is 3. The first kappa shape index (κ1) is 13.3. The Balaban J connectivity index is 1.84. The highest BCUT2D eigenvalue weighted by Gasteiger charge is 2.13. The number of thiophene rings is 1. The molecule has 0 saturated heterocycles. The molecule has 3 rings (SSSR count). The lowest BCUT2D eigenvalue weighted by atomic mass is 10.1.